The quantitative estimate of drug-likeness (QED) is 0.582. The summed E-state index contributed by atoms with van der Waals surface area (Å²) < 4.78 is 5.30. The predicted octanol–water partition coefficient (Wildman–Crippen LogP) is 4.38. The van der Waals surface area contributed by atoms with Gasteiger partial charge in [0, 0.05) is 25.1 Å². The number of thioether (sulfide) groups is 1. The van der Waals surface area contributed by atoms with Crippen molar-refractivity contribution in [2.45, 2.75) is 12.0 Å². The van der Waals surface area contributed by atoms with E-state index in [4.69, 9.17) is 14.9 Å². The van der Waals surface area contributed by atoms with Gasteiger partial charge in [0.05, 0.1) is 12.8 Å². The molecular weight excluding hydrogens is 434 g/mol. The maximum atomic E-state index is 12.9. The number of hydrazone groups is 2. The van der Waals surface area contributed by atoms with Crippen LogP contribution in [0.2, 0.25) is 0 Å². The van der Waals surface area contributed by atoms with Gasteiger partial charge in [-0.05, 0) is 48.2 Å². The van der Waals surface area contributed by atoms with Crippen molar-refractivity contribution in [3.8, 4) is 5.75 Å². The van der Waals surface area contributed by atoms with Crippen LogP contribution < -0.4 is 9.75 Å². The van der Waals surface area contributed by atoms with E-state index in [2.05, 4.69) is 0 Å². The number of methoxy groups -OCH3 is 1. The van der Waals surface area contributed by atoms with Gasteiger partial charge in [0.15, 0.2) is 5.84 Å². The molecule has 0 radical (unpaired) electrons. The maximum Gasteiger partial charge on any atom is 0.291 e. The van der Waals surface area contributed by atoms with Crippen molar-refractivity contribution in [3.63, 3.8) is 0 Å². The normalized spacial score (nSPS) is 19.7. The summed E-state index contributed by atoms with van der Waals surface area (Å²) in [6.45, 7) is 1.53. The molecule has 33 heavy (non-hydrogen) atoms. The van der Waals surface area contributed by atoms with Gasteiger partial charge < -0.3 is 9.64 Å². The molecule has 0 fully saturated rings. The molecule has 0 aliphatic carbocycles. The van der Waals surface area contributed by atoms with Crippen molar-refractivity contribution in [1.29, 1.82) is 0 Å². The number of hydrogen-bond donors (Lipinski definition) is 0. The lowest BCUT2D eigenvalue weighted by molar-refractivity contribution is -0.133. The summed E-state index contributed by atoms with van der Waals surface area (Å²) >= 11 is 1.49. The molecule has 8 heteroatoms. The number of benzene rings is 3. The zero-order chi connectivity index (χ0) is 23.0. The number of amides is 1. The Labute approximate surface area is 196 Å². The minimum absolute atomic E-state index is 0.177. The van der Waals surface area contributed by atoms with E-state index in [1.807, 2.05) is 102 Å². The Hall–Kier alpha value is -3.78. The van der Waals surface area contributed by atoms with Gasteiger partial charge in [-0.2, -0.15) is 10.1 Å². The summed E-state index contributed by atoms with van der Waals surface area (Å²) in [6, 6.07) is 27.5. The summed E-state index contributed by atoms with van der Waals surface area (Å²) in [5, 5.41) is 13.0. The molecule has 2 aliphatic heterocycles. The zero-order valence-electron chi connectivity index (χ0n) is 18.5. The van der Waals surface area contributed by atoms with Gasteiger partial charge in [0.25, 0.3) is 5.12 Å². The molecule has 166 valence electrons. The molecule has 0 saturated carbocycles. The molecule has 0 unspecified atom stereocenters. The maximum absolute atomic E-state index is 12.9. The van der Waals surface area contributed by atoms with Crippen LogP contribution in [0, 0.1) is 0 Å². The van der Waals surface area contributed by atoms with E-state index in [1.54, 1.807) is 7.11 Å². The number of carbonyl (C=O) groups is 1. The monoisotopic (exact) mass is 457 g/mol. The fraction of sp³-hybridized carbons (Fsp3) is 0.160. The van der Waals surface area contributed by atoms with E-state index in [0.717, 1.165) is 27.6 Å². The molecule has 5 rings (SSSR count). The molecule has 0 bridgehead atoms. The third-order valence-corrected chi connectivity index (χ3v) is 7.00. The molecule has 0 N–H and O–H groups in total. The number of para-hydroxylation sites is 1. The van der Waals surface area contributed by atoms with Crippen molar-refractivity contribution in [2.24, 2.45) is 10.2 Å². The zero-order valence-corrected chi connectivity index (χ0v) is 19.4. The van der Waals surface area contributed by atoms with E-state index in [1.165, 1.54) is 23.7 Å². The van der Waals surface area contributed by atoms with Gasteiger partial charge in [-0.1, -0.05) is 48.5 Å². The first-order valence-corrected chi connectivity index (χ1v) is 11.3. The SMILES string of the molecule is COc1ccc(C2=NN(C(C)=O)[C@]3(SC(c4ccccc4)=NN3c3ccccc3)N2C)cc1. The highest BCUT2D eigenvalue weighted by Gasteiger charge is 2.59. The number of amidine groups is 1. The number of hydrogen-bond acceptors (Lipinski definition) is 7. The average Bonchev–Trinajstić information content (AvgIpc) is 3.40. The molecule has 1 atom stereocenters. The lowest BCUT2D eigenvalue weighted by atomic mass is 10.2. The second-order valence-electron chi connectivity index (χ2n) is 7.64. The predicted molar refractivity (Wildman–Crippen MR) is 132 cm³/mol. The van der Waals surface area contributed by atoms with Gasteiger partial charge in [0.1, 0.15) is 10.8 Å². The first-order valence-electron chi connectivity index (χ1n) is 10.5. The molecule has 1 amide bonds. The highest BCUT2D eigenvalue weighted by molar-refractivity contribution is 8.15. The van der Waals surface area contributed by atoms with Gasteiger partial charge >= 0.3 is 0 Å². The van der Waals surface area contributed by atoms with Crippen LogP contribution in [0.4, 0.5) is 5.69 Å². The Morgan fingerprint density at radius 3 is 2.12 bits per heavy atom. The molecule has 7 nitrogen and oxygen atoms in total. The van der Waals surface area contributed by atoms with Crippen molar-refractivity contribution >= 4 is 34.2 Å². The minimum Gasteiger partial charge on any atom is -0.497 e. The van der Waals surface area contributed by atoms with Gasteiger partial charge in [-0.3, -0.25) is 4.79 Å². The fourth-order valence-electron chi connectivity index (χ4n) is 3.96. The number of nitrogens with zero attached hydrogens (tertiary/aromatic N) is 5. The van der Waals surface area contributed by atoms with Crippen LogP contribution in [0.15, 0.2) is 95.1 Å². The van der Waals surface area contributed by atoms with Crippen molar-refractivity contribution < 1.29 is 9.53 Å². The van der Waals surface area contributed by atoms with E-state index >= 15 is 0 Å². The van der Waals surface area contributed by atoms with Crippen LogP contribution in [-0.2, 0) is 4.79 Å². The number of ether oxygens (including phenoxy) is 1. The van der Waals surface area contributed by atoms with Crippen LogP contribution in [0.3, 0.4) is 0 Å². The second-order valence-corrected chi connectivity index (χ2v) is 8.77. The van der Waals surface area contributed by atoms with E-state index in [9.17, 15) is 4.79 Å². The van der Waals surface area contributed by atoms with Crippen LogP contribution in [-0.4, -0.2) is 46.0 Å². The first-order chi connectivity index (χ1) is 16.0. The minimum atomic E-state index is -1.02. The Morgan fingerprint density at radius 2 is 1.52 bits per heavy atom. The lowest BCUT2D eigenvalue weighted by Gasteiger charge is -2.42. The fourth-order valence-corrected chi connectivity index (χ4v) is 5.31. The summed E-state index contributed by atoms with van der Waals surface area (Å²) in [5.41, 5.74) is 2.72. The van der Waals surface area contributed by atoms with Gasteiger partial charge in [-0.15, -0.1) is 5.10 Å². The van der Waals surface area contributed by atoms with Crippen LogP contribution >= 0.6 is 11.8 Å². The van der Waals surface area contributed by atoms with Gasteiger partial charge in [0.2, 0.25) is 5.91 Å². The Kier molecular flexibility index (Phi) is 5.30. The number of anilines is 1. The first kappa shape index (κ1) is 21.1. The number of rotatable bonds is 4. The van der Waals surface area contributed by atoms with E-state index in [0.29, 0.717) is 5.84 Å². The van der Waals surface area contributed by atoms with Crippen LogP contribution in [0.1, 0.15) is 18.1 Å². The van der Waals surface area contributed by atoms with Crippen LogP contribution in [0.25, 0.3) is 0 Å². The average molecular weight is 458 g/mol. The molecule has 3 aromatic rings. The van der Waals surface area contributed by atoms with Gasteiger partial charge in [-0.25, -0.2) is 5.01 Å². The van der Waals surface area contributed by atoms with Crippen LogP contribution in [0.5, 0.6) is 5.75 Å². The third kappa shape index (κ3) is 3.43. The van der Waals surface area contributed by atoms with Crippen molar-refractivity contribution in [3.05, 3.63) is 96.1 Å². The largest absolute Gasteiger partial charge is 0.497 e. The molecule has 3 aromatic carbocycles. The molecule has 0 aromatic heterocycles. The smallest absolute Gasteiger partial charge is 0.291 e. The van der Waals surface area contributed by atoms with E-state index in [-0.39, 0.29) is 5.91 Å². The molecule has 1 spiro atoms. The topological polar surface area (TPSA) is 60.7 Å². The third-order valence-electron chi connectivity index (χ3n) is 5.59. The summed E-state index contributed by atoms with van der Waals surface area (Å²) in [4.78, 5) is 14.9. The summed E-state index contributed by atoms with van der Waals surface area (Å²) in [7, 11) is 3.58. The highest BCUT2D eigenvalue weighted by atomic mass is 32.2. The molecule has 0 saturated heterocycles. The lowest BCUT2D eigenvalue weighted by Crippen LogP contribution is -2.61. The Balaban J connectivity index is 1.64. The van der Waals surface area contributed by atoms with Crippen molar-refractivity contribution in [2.75, 3.05) is 19.2 Å². The standard InChI is InChI=1S/C25H23N5O2S/c1-18(31)29-25(28(2)23(26-29)19-14-16-22(32-3)17-15-19)30(21-12-8-5-9-13-21)27-24(33-25)20-10-6-4-7-11-20/h4-17H,1-3H3/t25-/m1/s1. The molecule has 2 aliphatic rings. The summed E-state index contributed by atoms with van der Waals surface area (Å²) in [5.74, 6) is 1.25. The number of carbonyl (C=O) groups excluding carboxylic acids is 1. The Morgan fingerprint density at radius 1 is 0.879 bits per heavy atom. The second kappa shape index (κ2) is 8.29. The Bertz CT molecular complexity index is 1230. The summed E-state index contributed by atoms with van der Waals surface area (Å²) in [6.07, 6.45) is 0. The van der Waals surface area contributed by atoms with Crippen molar-refractivity contribution in [1.82, 2.24) is 9.91 Å². The molecule has 2 heterocycles. The van der Waals surface area contributed by atoms with E-state index < -0.39 is 5.12 Å². The molecular formula is C25H23N5O2S. The highest BCUT2D eigenvalue weighted by Crippen LogP contribution is 2.49.